The van der Waals surface area contributed by atoms with Crippen molar-refractivity contribution in [2.45, 2.75) is 30.3 Å². The van der Waals surface area contributed by atoms with Gasteiger partial charge >= 0.3 is 6.18 Å². The van der Waals surface area contributed by atoms with Crippen LogP contribution in [0.1, 0.15) is 17.0 Å². The minimum atomic E-state index is -4.68. The van der Waals surface area contributed by atoms with Crippen LogP contribution in [-0.4, -0.2) is 30.0 Å². The van der Waals surface area contributed by atoms with E-state index in [1.54, 1.807) is 38.1 Å². The first-order valence-electron chi connectivity index (χ1n) is 7.81. The molecule has 4 aromatic rings. The normalized spacial score (nSPS) is 12.1. The summed E-state index contributed by atoms with van der Waals surface area (Å²) in [6.07, 6.45) is -4.68. The Hall–Kier alpha value is -2.66. The molecule has 0 aliphatic carbocycles. The molecule has 0 radical (unpaired) electrons. The minimum absolute atomic E-state index is 0.0410. The second-order valence-corrected chi connectivity index (χ2v) is 7.17. The van der Waals surface area contributed by atoms with Crippen LogP contribution in [0.2, 0.25) is 5.02 Å². The number of hydrogen-bond acceptors (Lipinski definition) is 7. The molecule has 0 bridgehead atoms. The molecular weight excluding hydrogens is 417 g/mol. The van der Waals surface area contributed by atoms with Gasteiger partial charge in [-0.25, -0.2) is 0 Å². The monoisotopic (exact) mass is 426 g/mol. The van der Waals surface area contributed by atoms with E-state index in [0.29, 0.717) is 26.2 Å². The molecule has 0 aliphatic heterocycles. The van der Waals surface area contributed by atoms with Crippen molar-refractivity contribution in [1.29, 1.82) is 0 Å². The van der Waals surface area contributed by atoms with Crippen LogP contribution in [0.5, 0.6) is 0 Å². The zero-order valence-electron chi connectivity index (χ0n) is 14.3. The van der Waals surface area contributed by atoms with Crippen molar-refractivity contribution < 1.29 is 17.6 Å². The van der Waals surface area contributed by atoms with Crippen molar-refractivity contribution in [3.05, 3.63) is 46.2 Å². The molecule has 0 atom stereocenters. The van der Waals surface area contributed by atoms with Gasteiger partial charge in [-0.1, -0.05) is 17.7 Å². The van der Waals surface area contributed by atoms with Crippen molar-refractivity contribution in [1.82, 2.24) is 30.0 Å². The highest BCUT2D eigenvalue weighted by atomic mass is 35.5. The molecule has 3 aromatic heterocycles. The lowest BCUT2D eigenvalue weighted by molar-refractivity contribution is -0.146. The average molecular weight is 427 g/mol. The first-order chi connectivity index (χ1) is 13.2. The molecule has 4 rings (SSSR count). The van der Waals surface area contributed by atoms with Gasteiger partial charge in [0.25, 0.3) is 11.0 Å². The minimum Gasteiger partial charge on any atom is -0.411 e. The Kier molecular flexibility index (Phi) is 4.50. The third-order valence-electron chi connectivity index (χ3n) is 3.97. The predicted octanol–water partition coefficient (Wildman–Crippen LogP) is 4.61. The number of halogens is 4. The van der Waals surface area contributed by atoms with E-state index in [0.717, 1.165) is 11.8 Å². The summed E-state index contributed by atoms with van der Waals surface area (Å²) >= 11 is 6.91. The predicted molar refractivity (Wildman–Crippen MR) is 94.1 cm³/mol. The Labute approximate surface area is 164 Å². The lowest BCUT2D eigenvalue weighted by Gasteiger charge is -2.08. The van der Waals surface area contributed by atoms with E-state index in [1.165, 1.54) is 0 Å². The molecule has 144 valence electrons. The topological polar surface area (TPSA) is 82.0 Å². The van der Waals surface area contributed by atoms with Crippen LogP contribution in [0.4, 0.5) is 13.2 Å². The maximum Gasteiger partial charge on any atom is 0.453 e. The van der Waals surface area contributed by atoms with Crippen molar-refractivity contribution in [2.75, 3.05) is 0 Å². The van der Waals surface area contributed by atoms with E-state index in [2.05, 4.69) is 25.5 Å². The van der Waals surface area contributed by atoms with Crippen molar-refractivity contribution in [2.24, 2.45) is 0 Å². The van der Waals surface area contributed by atoms with Crippen LogP contribution in [0.3, 0.4) is 0 Å². The van der Waals surface area contributed by atoms with Gasteiger partial charge in [0, 0.05) is 16.1 Å². The van der Waals surface area contributed by atoms with Gasteiger partial charge in [0.05, 0.1) is 0 Å². The van der Waals surface area contributed by atoms with Crippen molar-refractivity contribution in [3.63, 3.8) is 0 Å². The van der Waals surface area contributed by atoms with E-state index in [-0.39, 0.29) is 21.8 Å². The largest absolute Gasteiger partial charge is 0.453 e. The number of rotatable bonds is 3. The quantitative estimate of drug-likeness (QED) is 0.473. The number of aryl methyl sites for hydroxylation is 1. The molecule has 3 heterocycles. The maximum atomic E-state index is 13.1. The van der Waals surface area contributed by atoms with Crippen LogP contribution < -0.4 is 0 Å². The van der Waals surface area contributed by atoms with Crippen LogP contribution in [0, 0.1) is 13.8 Å². The third kappa shape index (κ3) is 3.31. The van der Waals surface area contributed by atoms with E-state index in [9.17, 15) is 13.2 Å². The Balaban J connectivity index is 1.73. The summed E-state index contributed by atoms with van der Waals surface area (Å²) < 4.78 is 45.7. The lowest BCUT2D eigenvalue weighted by Crippen LogP contribution is -2.13. The fraction of sp³-hybridized carbons (Fsp3) is 0.188. The molecule has 0 fully saturated rings. The molecule has 0 unspecified atom stereocenters. The van der Waals surface area contributed by atoms with Crippen molar-refractivity contribution >= 4 is 29.0 Å². The summed E-state index contributed by atoms with van der Waals surface area (Å²) in [6.45, 7) is 3.37. The zero-order chi connectivity index (χ0) is 20.1. The highest BCUT2D eigenvalue weighted by Gasteiger charge is 2.38. The zero-order valence-corrected chi connectivity index (χ0v) is 15.9. The van der Waals surface area contributed by atoms with Gasteiger partial charge in [0.2, 0.25) is 5.89 Å². The Morgan fingerprint density at radius 1 is 1.07 bits per heavy atom. The first kappa shape index (κ1) is 18.7. The number of alkyl halides is 3. The standard InChI is InChI=1S/C16H10ClF3N6OS/c1-7-8(2)13(25-26-11(7)21-23-14(26)16(18,19)20)28-15-24-22-12(27-15)9-4-3-5-10(17)6-9/h3-6H,1-2H3. The van der Waals surface area contributed by atoms with Gasteiger partial charge in [-0.2, -0.15) is 22.8 Å². The summed E-state index contributed by atoms with van der Waals surface area (Å²) in [7, 11) is 0. The average Bonchev–Trinajstić information content (AvgIpc) is 3.26. The maximum absolute atomic E-state index is 13.1. The summed E-state index contributed by atoms with van der Waals surface area (Å²) in [6, 6.07) is 6.86. The molecular formula is C16H10ClF3N6OS. The van der Waals surface area contributed by atoms with E-state index in [1.807, 2.05) is 0 Å². The smallest absolute Gasteiger partial charge is 0.411 e. The molecule has 7 nitrogen and oxygen atoms in total. The SMILES string of the molecule is Cc1c(Sc2nnc(-c3cccc(Cl)c3)o2)nn2c(C(F)(F)F)nnc2c1C. The Morgan fingerprint density at radius 2 is 1.86 bits per heavy atom. The van der Waals surface area contributed by atoms with Gasteiger partial charge in [-0.3, -0.25) is 0 Å². The molecule has 0 amide bonds. The lowest BCUT2D eigenvalue weighted by atomic mass is 10.2. The second-order valence-electron chi connectivity index (χ2n) is 5.80. The van der Waals surface area contributed by atoms with Crippen LogP contribution >= 0.6 is 23.4 Å². The highest BCUT2D eigenvalue weighted by Crippen LogP contribution is 2.34. The molecule has 0 N–H and O–H groups in total. The van der Waals surface area contributed by atoms with Gasteiger partial charge < -0.3 is 4.42 Å². The van der Waals surface area contributed by atoms with Gasteiger partial charge in [-0.05, 0) is 49.4 Å². The van der Waals surface area contributed by atoms with E-state index < -0.39 is 12.0 Å². The van der Waals surface area contributed by atoms with Crippen LogP contribution in [0.25, 0.3) is 17.1 Å². The fourth-order valence-corrected chi connectivity index (χ4v) is 3.43. The van der Waals surface area contributed by atoms with Gasteiger partial charge in [-0.15, -0.1) is 20.4 Å². The summed E-state index contributed by atoms with van der Waals surface area (Å²) in [5.41, 5.74) is 1.83. The molecule has 0 aliphatic rings. The van der Waals surface area contributed by atoms with Crippen LogP contribution in [-0.2, 0) is 6.18 Å². The second kappa shape index (κ2) is 6.74. The van der Waals surface area contributed by atoms with E-state index >= 15 is 0 Å². The fourth-order valence-electron chi connectivity index (χ4n) is 2.45. The molecule has 28 heavy (non-hydrogen) atoms. The Bertz CT molecular complexity index is 1190. The number of aromatic nitrogens is 6. The molecule has 12 heteroatoms. The summed E-state index contributed by atoms with van der Waals surface area (Å²) in [5.74, 6) is -0.960. The molecule has 0 spiro atoms. The highest BCUT2D eigenvalue weighted by molar-refractivity contribution is 7.99. The first-order valence-corrected chi connectivity index (χ1v) is 9.00. The van der Waals surface area contributed by atoms with Gasteiger partial charge in [0.15, 0.2) is 5.65 Å². The number of benzene rings is 1. The molecule has 0 saturated carbocycles. The number of fused-ring (bicyclic) bond motifs is 1. The van der Waals surface area contributed by atoms with Crippen LogP contribution in [0.15, 0.2) is 38.9 Å². The van der Waals surface area contributed by atoms with E-state index in [4.69, 9.17) is 16.0 Å². The third-order valence-corrected chi connectivity index (χ3v) is 5.12. The molecule has 1 aromatic carbocycles. The summed E-state index contributed by atoms with van der Waals surface area (Å²) in [4.78, 5) is 0. The molecule has 0 saturated heterocycles. The number of nitrogens with zero attached hydrogens (tertiary/aromatic N) is 6. The summed E-state index contributed by atoms with van der Waals surface area (Å²) in [5, 5.41) is 19.7. The van der Waals surface area contributed by atoms with Crippen molar-refractivity contribution in [3.8, 4) is 11.5 Å². The Morgan fingerprint density at radius 3 is 2.57 bits per heavy atom. The number of hydrogen-bond donors (Lipinski definition) is 0. The van der Waals surface area contributed by atoms with Gasteiger partial charge in [0.1, 0.15) is 5.03 Å².